The molecule has 0 radical (unpaired) electrons. The van der Waals surface area contributed by atoms with Crippen LogP contribution in [0, 0.1) is 5.82 Å². The van der Waals surface area contributed by atoms with Gasteiger partial charge in [-0.2, -0.15) is 0 Å². The van der Waals surface area contributed by atoms with E-state index < -0.39 is 11.8 Å². The van der Waals surface area contributed by atoms with Crippen molar-refractivity contribution in [2.45, 2.75) is 19.9 Å². The van der Waals surface area contributed by atoms with Crippen molar-refractivity contribution in [2.24, 2.45) is 16.5 Å². The number of hydrogen-bond donors (Lipinski definition) is 3. The Morgan fingerprint density at radius 2 is 2.12 bits per heavy atom. The van der Waals surface area contributed by atoms with E-state index in [2.05, 4.69) is 10.3 Å². The second-order valence-electron chi connectivity index (χ2n) is 5.89. The summed E-state index contributed by atoms with van der Waals surface area (Å²) in [5, 5.41) is 2.90. The van der Waals surface area contributed by atoms with Crippen LogP contribution in [0.1, 0.15) is 18.9 Å². The van der Waals surface area contributed by atoms with Gasteiger partial charge in [-0.15, -0.1) is 0 Å². The van der Waals surface area contributed by atoms with Crippen LogP contribution in [0.25, 0.3) is 0 Å². The van der Waals surface area contributed by atoms with Crippen LogP contribution in [0.5, 0.6) is 0 Å². The van der Waals surface area contributed by atoms with Gasteiger partial charge >= 0.3 is 6.03 Å². The molecule has 1 heterocycles. The van der Waals surface area contributed by atoms with Crippen molar-refractivity contribution in [3.63, 3.8) is 0 Å². The highest BCUT2D eigenvalue weighted by atomic mass is 35.5. The van der Waals surface area contributed by atoms with E-state index in [9.17, 15) is 14.0 Å². The molecule has 7 nitrogen and oxygen atoms in total. The van der Waals surface area contributed by atoms with E-state index in [0.29, 0.717) is 24.4 Å². The fourth-order valence-corrected chi connectivity index (χ4v) is 2.83. The molecule has 1 aromatic carbocycles. The molecule has 0 saturated carbocycles. The highest BCUT2D eigenvalue weighted by molar-refractivity contribution is 6.31. The van der Waals surface area contributed by atoms with Gasteiger partial charge in [0.25, 0.3) is 0 Å². The summed E-state index contributed by atoms with van der Waals surface area (Å²) in [6, 6.07) is 3.83. The van der Waals surface area contributed by atoms with E-state index in [4.69, 9.17) is 23.1 Å². The zero-order valence-corrected chi connectivity index (χ0v) is 15.1. The molecule has 1 aliphatic heterocycles. The molecule has 140 valence electrons. The summed E-state index contributed by atoms with van der Waals surface area (Å²) in [7, 11) is 0. The number of carbonyl (C=O) groups excluding carboxylic acids is 2. The first-order valence-corrected chi connectivity index (χ1v) is 8.40. The van der Waals surface area contributed by atoms with Crippen LogP contribution in [0.15, 0.2) is 34.5 Å². The second kappa shape index (κ2) is 8.66. The molecule has 1 aromatic rings. The number of aliphatic imine (C=N–C) groups is 1. The quantitative estimate of drug-likeness (QED) is 0.735. The molecule has 1 aliphatic rings. The van der Waals surface area contributed by atoms with Gasteiger partial charge in [0, 0.05) is 29.8 Å². The van der Waals surface area contributed by atoms with Crippen LogP contribution in [-0.4, -0.2) is 42.2 Å². The highest BCUT2D eigenvalue weighted by Gasteiger charge is 2.24. The lowest BCUT2D eigenvalue weighted by Gasteiger charge is -2.29. The van der Waals surface area contributed by atoms with E-state index in [1.807, 2.05) is 0 Å². The van der Waals surface area contributed by atoms with Gasteiger partial charge in [0.1, 0.15) is 5.82 Å². The average molecular weight is 382 g/mol. The fraction of sp³-hybridized carbons (Fsp3) is 0.353. The molecule has 0 unspecified atom stereocenters. The molecule has 1 saturated heterocycles. The molecule has 26 heavy (non-hydrogen) atoms. The van der Waals surface area contributed by atoms with Gasteiger partial charge < -0.3 is 21.7 Å². The number of primary amides is 1. The van der Waals surface area contributed by atoms with Crippen molar-refractivity contribution >= 4 is 29.3 Å². The van der Waals surface area contributed by atoms with Crippen LogP contribution in [0.2, 0.25) is 5.02 Å². The summed E-state index contributed by atoms with van der Waals surface area (Å²) >= 11 is 6.03. The van der Waals surface area contributed by atoms with Crippen molar-refractivity contribution in [3.05, 3.63) is 45.9 Å². The SMILES string of the molecule is CC(=O)NC/C(N)=C1\CCN(C(N)=O)CC1=NCc1c(F)cccc1Cl. The lowest BCUT2D eigenvalue weighted by Crippen LogP contribution is -2.45. The topological polar surface area (TPSA) is 114 Å². The Labute approximate surface area is 155 Å². The number of nitrogens with zero attached hydrogens (tertiary/aromatic N) is 2. The smallest absolute Gasteiger partial charge is 0.315 e. The van der Waals surface area contributed by atoms with Crippen LogP contribution in [0.3, 0.4) is 0 Å². The van der Waals surface area contributed by atoms with E-state index in [1.165, 1.54) is 24.0 Å². The first-order valence-electron chi connectivity index (χ1n) is 8.02. The van der Waals surface area contributed by atoms with Crippen molar-refractivity contribution in [2.75, 3.05) is 19.6 Å². The van der Waals surface area contributed by atoms with Gasteiger partial charge in [-0.05, 0) is 24.1 Å². The fourth-order valence-electron chi connectivity index (χ4n) is 2.61. The number of halogens is 2. The number of nitrogens with one attached hydrogen (secondary N) is 1. The predicted octanol–water partition coefficient (Wildman–Crippen LogP) is 1.55. The van der Waals surface area contributed by atoms with Gasteiger partial charge in [0.2, 0.25) is 5.91 Å². The minimum absolute atomic E-state index is 0.00432. The third-order valence-corrected chi connectivity index (χ3v) is 4.39. The molecule has 2 rings (SSSR count). The molecule has 1 fully saturated rings. The first kappa shape index (κ1) is 19.7. The van der Waals surface area contributed by atoms with Gasteiger partial charge in [0.05, 0.1) is 25.3 Å². The maximum Gasteiger partial charge on any atom is 0.315 e. The highest BCUT2D eigenvalue weighted by Crippen LogP contribution is 2.22. The van der Waals surface area contributed by atoms with E-state index >= 15 is 0 Å². The second-order valence-corrected chi connectivity index (χ2v) is 6.29. The minimum Gasteiger partial charge on any atom is -0.400 e. The Kier molecular flexibility index (Phi) is 6.57. The molecule has 0 aromatic heterocycles. The lowest BCUT2D eigenvalue weighted by atomic mass is 9.99. The molecule has 0 bridgehead atoms. The van der Waals surface area contributed by atoms with Gasteiger partial charge in [0.15, 0.2) is 0 Å². The van der Waals surface area contributed by atoms with Crippen LogP contribution in [0.4, 0.5) is 9.18 Å². The molecular formula is C17H21ClFN5O2. The predicted molar refractivity (Wildman–Crippen MR) is 98.2 cm³/mol. The third-order valence-electron chi connectivity index (χ3n) is 4.04. The first-order chi connectivity index (χ1) is 12.3. The van der Waals surface area contributed by atoms with Crippen molar-refractivity contribution in [3.8, 4) is 0 Å². The summed E-state index contributed by atoms with van der Waals surface area (Å²) in [6.07, 6.45) is 0.443. The molecule has 5 N–H and O–H groups in total. The van der Waals surface area contributed by atoms with Crippen LogP contribution in [-0.2, 0) is 11.3 Å². The van der Waals surface area contributed by atoms with Crippen LogP contribution >= 0.6 is 11.6 Å². The Bertz CT molecular complexity index is 758. The van der Waals surface area contributed by atoms with E-state index in [-0.39, 0.29) is 36.1 Å². The van der Waals surface area contributed by atoms with Gasteiger partial charge in [-0.1, -0.05) is 17.7 Å². The Morgan fingerprint density at radius 1 is 1.38 bits per heavy atom. The Balaban J connectivity index is 2.31. The number of benzene rings is 1. The molecular weight excluding hydrogens is 361 g/mol. The molecule has 0 aliphatic carbocycles. The van der Waals surface area contributed by atoms with E-state index in [0.717, 1.165) is 5.57 Å². The molecule has 0 spiro atoms. The number of rotatable bonds is 4. The van der Waals surface area contributed by atoms with Gasteiger partial charge in [-0.3, -0.25) is 9.79 Å². The maximum atomic E-state index is 14.0. The van der Waals surface area contributed by atoms with Crippen molar-refractivity contribution in [1.29, 1.82) is 0 Å². The number of urea groups is 1. The van der Waals surface area contributed by atoms with Crippen molar-refractivity contribution < 1.29 is 14.0 Å². The van der Waals surface area contributed by atoms with E-state index in [1.54, 1.807) is 6.07 Å². The zero-order valence-electron chi connectivity index (χ0n) is 14.4. The lowest BCUT2D eigenvalue weighted by molar-refractivity contribution is -0.118. The van der Waals surface area contributed by atoms with Crippen LogP contribution < -0.4 is 16.8 Å². The monoisotopic (exact) mass is 381 g/mol. The normalized spacial score (nSPS) is 18.0. The number of hydrogen-bond acceptors (Lipinski definition) is 4. The molecule has 9 heteroatoms. The number of amides is 3. The molecule has 3 amide bonds. The number of likely N-dealkylation sites (tertiary alicyclic amines) is 1. The largest absolute Gasteiger partial charge is 0.400 e. The maximum absolute atomic E-state index is 14.0. The molecule has 0 atom stereocenters. The summed E-state index contributed by atoms with van der Waals surface area (Å²) in [5.41, 5.74) is 13.4. The third kappa shape index (κ3) is 4.95. The summed E-state index contributed by atoms with van der Waals surface area (Å²) < 4.78 is 14.0. The number of carbonyl (C=O) groups is 2. The summed E-state index contributed by atoms with van der Waals surface area (Å²) in [4.78, 5) is 28.4. The van der Waals surface area contributed by atoms with Crippen molar-refractivity contribution in [1.82, 2.24) is 10.2 Å². The Morgan fingerprint density at radius 3 is 2.73 bits per heavy atom. The number of nitrogens with two attached hydrogens (primary N) is 2. The Hall–Kier alpha value is -2.61. The zero-order chi connectivity index (χ0) is 19.3. The number of piperidine rings is 1. The summed E-state index contributed by atoms with van der Waals surface area (Å²) in [6.45, 7) is 2.12. The van der Waals surface area contributed by atoms with Gasteiger partial charge in [-0.25, -0.2) is 9.18 Å². The minimum atomic E-state index is -0.568. The standard InChI is InChI=1S/C17H21ClFN5O2/c1-10(25)22-8-15(20)11-5-6-24(17(21)26)9-16(11)23-7-12-13(18)3-2-4-14(12)19/h2-4H,5-9,20H2,1H3,(H2,21,26)(H,22,25)/b15-11-,23-16?. The summed E-state index contributed by atoms with van der Waals surface area (Å²) in [5.74, 6) is -0.666. The average Bonchev–Trinajstić information content (AvgIpc) is 2.59.